The van der Waals surface area contributed by atoms with E-state index in [1.807, 2.05) is 49.4 Å². The number of H-pyrrole nitrogens is 1. The molecule has 2 N–H and O–H groups in total. The van der Waals surface area contributed by atoms with Crippen LogP contribution in [0.4, 0.5) is 4.79 Å². The number of ether oxygens (including phenoxy) is 2. The lowest BCUT2D eigenvalue weighted by molar-refractivity contribution is 0.0949. The predicted molar refractivity (Wildman–Crippen MR) is 99.2 cm³/mol. The fourth-order valence-corrected chi connectivity index (χ4v) is 3.20. The standard InChI is InChI=1S/C20H21N3O3/c1-2-18-13-5-3-6-14(11-13)19-16-12-15(7-8-17(16)22-23-19)25-10-4-9-21-20(24)26-18/h3,5-8,11-12,18H,2,4,9-10H2,1H3,(H,21,24)(H,22,23). The summed E-state index contributed by atoms with van der Waals surface area (Å²) in [6.07, 6.45) is 0.707. The smallest absolute Gasteiger partial charge is 0.407 e. The SMILES string of the molecule is CCC1OC(=O)NCCCOc2ccc3[nH]nc(c3c2)-c2cccc1c2. The van der Waals surface area contributed by atoms with E-state index in [1.165, 1.54) is 0 Å². The molecule has 0 fully saturated rings. The summed E-state index contributed by atoms with van der Waals surface area (Å²) >= 11 is 0. The van der Waals surface area contributed by atoms with E-state index in [4.69, 9.17) is 9.47 Å². The second-order valence-corrected chi connectivity index (χ2v) is 6.34. The second-order valence-electron chi connectivity index (χ2n) is 6.34. The number of hydrogen-bond donors (Lipinski definition) is 2. The average Bonchev–Trinajstić information content (AvgIpc) is 3.08. The number of amides is 1. The number of hydrogen-bond acceptors (Lipinski definition) is 4. The first-order valence-electron chi connectivity index (χ1n) is 8.90. The van der Waals surface area contributed by atoms with Crippen LogP contribution < -0.4 is 10.1 Å². The number of nitrogens with one attached hydrogen (secondary N) is 2. The maximum absolute atomic E-state index is 12.1. The van der Waals surface area contributed by atoms with Crippen LogP contribution in [0, 0.1) is 0 Å². The Morgan fingerprint density at radius 1 is 1.23 bits per heavy atom. The molecule has 134 valence electrons. The molecule has 26 heavy (non-hydrogen) atoms. The van der Waals surface area contributed by atoms with E-state index in [0.29, 0.717) is 26.0 Å². The minimum absolute atomic E-state index is 0.294. The van der Waals surface area contributed by atoms with Crippen LogP contribution in [0.15, 0.2) is 42.5 Å². The zero-order valence-corrected chi connectivity index (χ0v) is 14.6. The van der Waals surface area contributed by atoms with Crippen molar-refractivity contribution in [3.63, 3.8) is 0 Å². The van der Waals surface area contributed by atoms with Gasteiger partial charge in [-0.15, -0.1) is 0 Å². The average molecular weight is 351 g/mol. The van der Waals surface area contributed by atoms with Crippen molar-refractivity contribution in [2.24, 2.45) is 0 Å². The molecule has 1 aromatic heterocycles. The third-order valence-electron chi connectivity index (χ3n) is 4.55. The molecule has 2 aromatic carbocycles. The molecule has 6 nitrogen and oxygen atoms in total. The summed E-state index contributed by atoms with van der Waals surface area (Å²) in [5.41, 5.74) is 3.76. The fourth-order valence-electron chi connectivity index (χ4n) is 3.20. The van der Waals surface area contributed by atoms with Gasteiger partial charge in [-0.1, -0.05) is 25.1 Å². The number of alkyl carbamates (subject to hydrolysis) is 1. The van der Waals surface area contributed by atoms with Gasteiger partial charge in [-0.05, 0) is 42.7 Å². The van der Waals surface area contributed by atoms with Crippen LogP contribution in [-0.4, -0.2) is 29.4 Å². The second kappa shape index (κ2) is 7.07. The number of nitrogens with zero attached hydrogens (tertiary/aromatic N) is 1. The fraction of sp³-hybridized carbons (Fsp3) is 0.300. The zero-order valence-electron chi connectivity index (χ0n) is 14.6. The maximum atomic E-state index is 12.1. The highest BCUT2D eigenvalue weighted by molar-refractivity contribution is 5.93. The number of benzene rings is 2. The Labute approximate surface area is 151 Å². The molecule has 0 aliphatic carbocycles. The van der Waals surface area contributed by atoms with Gasteiger partial charge >= 0.3 is 6.09 Å². The summed E-state index contributed by atoms with van der Waals surface area (Å²) in [5.74, 6) is 0.792. The van der Waals surface area contributed by atoms with E-state index < -0.39 is 6.09 Å². The van der Waals surface area contributed by atoms with E-state index >= 15 is 0 Å². The molecule has 1 aliphatic rings. The van der Waals surface area contributed by atoms with Crippen molar-refractivity contribution in [3.8, 4) is 17.0 Å². The van der Waals surface area contributed by atoms with Crippen molar-refractivity contribution in [3.05, 3.63) is 48.0 Å². The molecule has 1 amide bonds. The quantitative estimate of drug-likeness (QED) is 0.689. The van der Waals surface area contributed by atoms with E-state index in [0.717, 1.165) is 33.5 Å². The Morgan fingerprint density at radius 3 is 3.04 bits per heavy atom. The first-order chi connectivity index (χ1) is 12.7. The zero-order chi connectivity index (χ0) is 17.9. The highest BCUT2D eigenvalue weighted by Crippen LogP contribution is 2.32. The number of carbonyl (C=O) groups excluding carboxylic acids is 1. The highest BCUT2D eigenvalue weighted by atomic mass is 16.6. The van der Waals surface area contributed by atoms with Gasteiger partial charge in [0.25, 0.3) is 0 Å². The van der Waals surface area contributed by atoms with Gasteiger partial charge in [0, 0.05) is 17.5 Å². The first-order valence-corrected chi connectivity index (χ1v) is 8.90. The molecule has 2 heterocycles. The third kappa shape index (κ3) is 3.22. The summed E-state index contributed by atoms with van der Waals surface area (Å²) in [6, 6.07) is 13.9. The summed E-state index contributed by atoms with van der Waals surface area (Å²) in [5, 5.41) is 11.4. The third-order valence-corrected chi connectivity index (χ3v) is 4.55. The van der Waals surface area contributed by atoms with Gasteiger partial charge in [-0.25, -0.2) is 4.79 Å². The largest absolute Gasteiger partial charge is 0.494 e. The Hall–Kier alpha value is -3.02. The minimum Gasteiger partial charge on any atom is -0.494 e. The molecular formula is C20H21N3O3. The molecule has 0 spiro atoms. The number of rotatable bonds is 1. The van der Waals surface area contributed by atoms with E-state index in [1.54, 1.807) is 0 Å². The van der Waals surface area contributed by atoms with Crippen molar-refractivity contribution < 1.29 is 14.3 Å². The summed E-state index contributed by atoms with van der Waals surface area (Å²) < 4.78 is 11.4. The van der Waals surface area contributed by atoms with E-state index in [2.05, 4.69) is 15.5 Å². The molecular weight excluding hydrogens is 330 g/mol. The first kappa shape index (κ1) is 16.4. The van der Waals surface area contributed by atoms with Crippen molar-refractivity contribution in [2.75, 3.05) is 13.2 Å². The van der Waals surface area contributed by atoms with Gasteiger partial charge in [-0.2, -0.15) is 5.10 Å². The van der Waals surface area contributed by atoms with Crippen molar-refractivity contribution in [1.82, 2.24) is 15.5 Å². The molecule has 4 bridgehead atoms. The van der Waals surface area contributed by atoms with Crippen LogP contribution in [0.2, 0.25) is 0 Å². The molecule has 0 radical (unpaired) electrons. The lowest BCUT2D eigenvalue weighted by Gasteiger charge is -2.17. The highest BCUT2D eigenvalue weighted by Gasteiger charge is 2.17. The lowest BCUT2D eigenvalue weighted by atomic mass is 10.0. The summed E-state index contributed by atoms with van der Waals surface area (Å²) in [4.78, 5) is 12.1. The van der Waals surface area contributed by atoms with Gasteiger partial charge in [0.05, 0.1) is 12.1 Å². The van der Waals surface area contributed by atoms with Gasteiger partial charge in [-0.3, -0.25) is 5.10 Å². The topological polar surface area (TPSA) is 76.2 Å². The van der Waals surface area contributed by atoms with Crippen LogP contribution in [0.1, 0.15) is 31.4 Å². The lowest BCUT2D eigenvalue weighted by Crippen LogP contribution is -2.27. The number of aromatic amines is 1. The van der Waals surface area contributed by atoms with Crippen LogP contribution in [0.5, 0.6) is 5.75 Å². The maximum Gasteiger partial charge on any atom is 0.407 e. The molecule has 3 aromatic rings. The number of aromatic nitrogens is 2. The van der Waals surface area contributed by atoms with Crippen molar-refractivity contribution in [2.45, 2.75) is 25.9 Å². The Morgan fingerprint density at radius 2 is 2.15 bits per heavy atom. The Balaban J connectivity index is 1.81. The van der Waals surface area contributed by atoms with Gasteiger partial charge < -0.3 is 14.8 Å². The van der Waals surface area contributed by atoms with Crippen LogP contribution in [0.3, 0.4) is 0 Å². The van der Waals surface area contributed by atoms with Crippen LogP contribution in [0.25, 0.3) is 22.2 Å². The predicted octanol–water partition coefficient (Wildman–Crippen LogP) is 4.19. The number of fused-ring (bicyclic) bond motifs is 4. The Bertz CT molecular complexity index is 935. The van der Waals surface area contributed by atoms with Crippen LogP contribution >= 0.6 is 0 Å². The number of cyclic esters (lactones) is 1. The minimum atomic E-state index is -0.403. The van der Waals surface area contributed by atoms with E-state index in [9.17, 15) is 4.79 Å². The summed E-state index contributed by atoms with van der Waals surface area (Å²) in [6.45, 7) is 3.03. The molecule has 1 unspecified atom stereocenters. The number of carbonyl (C=O) groups is 1. The van der Waals surface area contributed by atoms with Crippen molar-refractivity contribution in [1.29, 1.82) is 0 Å². The summed E-state index contributed by atoms with van der Waals surface area (Å²) in [7, 11) is 0. The molecule has 6 heteroatoms. The molecule has 1 atom stereocenters. The van der Waals surface area contributed by atoms with Gasteiger partial charge in [0.2, 0.25) is 0 Å². The normalized spacial score (nSPS) is 17.7. The molecule has 0 saturated carbocycles. The molecule has 0 saturated heterocycles. The molecule has 4 rings (SSSR count). The van der Waals surface area contributed by atoms with E-state index in [-0.39, 0.29) is 6.10 Å². The Kier molecular flexibility index (Phi) is 4.48. The van der Waals surface area contributed by atoms with Gasteiger partial charge in [0.1, 0.15) is 17.5 Å². The molecule has 1 aliphatic heterocycles. The van der Waals surface area contributed by atoms with Gasteiger partial charge in [0.15, 0.2) is 0 Å². The van der Waals surface area contributed by atoms with Crippen LogP contribution in [-0.2, 0) is 4.74 Å². The monoisotopic (exact) mass is 351 g/mol. The van der Waals surface area contributed by atoms with Crippen molar-refractivity contribution >= 4 is 17.0 Å².